The summed E-state index contributed by atoms with van der Waals surface area (Å²) in [6.07, 6.45) is 10.3. The summed E-state index contributed by atoms with van der Waals surface area (Å²) in [5, 5.41) is 3.79. The first-order valence-corrected chi connectivity index (χ1v) is 9.08. The predicted molar refractivity (Wildman–Crippen MR) is 88.5 cm³/mol. The molecule has 21 heavy (non-hydrogen) atoms. The molecule has 3 saturated carbocycles. The van der Waals surface area contributed by atoms with Crippen LogP contribution < -0.4 is 5.32 Å². The minimum atomic E-state index is 0.731. The maximum absolute atomic E-state index is 3.79. The van der Waals surface area contributed by atoms with E-state index in [-0.39, 0.29) is 0 Å². The van der Waals surface area contributed by atoms with Crippen LogP contribution >= 0.6 is 0 Å². The zero-order chi connectivity index (χ0) is 14.2. The minimum Gasteiger partial charge on any atom is -0.313 e. The Morgan fingerprint density at radius 1 is 1.14 bits per heavy atom. The molecule has 3 aliphatic carbocycles. The van der Waals surface area contributed by atoms with Crippen molar-refractivity contribution in [1.29, 1.82) is 0 Å². The van der Waals surface area contributed by atoms with Gasteiger partial charge < -0.3 is 5.32 Å². The number of rotatable bonds is 6. The van der Waals surface area contributed by atoms with Gasteiger partial charge in [0.25, 0.3) is 0 Å². The van der Waals surface area contributed by atoms with Crippen molar-refractivity contribution in [3.05, 3.63) is 35.4 Å². The van der Waals surface area contributed by atoms with Gasteiger partial charge in [0.05, 0.1) is 0 Å². The summed E-state index contributed by atoms with van der Waals surface area (Å²) in [5.74, 6) is 3.88. The molecular formula is C20H29N. The molecule has 114 valence electrons. The van der Waals surface area contributed by atoms with Crippen LogP contribution in [0.3, 0.4) is 0 Å². The maximum atomic E-state index is 3.79. The Bertz CT molecular complexity index is 490. The fourth-order valence-corrected chi connectivity index (χ4v) is 4.89. The first kappa shape index (κ1) is 13.8. The van der Waals surface area contributed by atoms with E-state index in [0.29, 0.717) is 0 Å². The van der Waals surface area contributed by atoms with E-state index in [1.165, 1.54) is 50.6 Å². The quantitative estimate of drug-likeness (QED) is 0.801. The van der Waals surface area contributed by atoms with Gasteiger partial charge in [-0.3, -0.25) is 0 Å². The molecule has 0 aromatic heterocycles. The van der Waals surface area contributed by atoms with E-state index in [1.54, 1.807) is 12.0 Å². The number of nitrogens with one attached hydrogen (secondary N) is 1. The molecule has 2 bridgehead atoms. The van der Waals surface area contributed by atoms with Crippen molar-refractivity contribution in [1.82, 2.24) is 5.32 Å². The summed E-state index contributed by atoms with van der Waals surface area (Å²) in [5.41, 5.74) is 2.99. The van der Waals surface area contributed by atoms with E-state index < -0.39 is 0 Å². The molecule has 1 heteroatoms. The first-order valence-electron chi connectivity index (χ1n) is 9.08. The van der Waals surface area contributed by atoms with Gasteiger partial charge in [0.2, 0.25) is 0 Å². The smallest absolute Gasteiger partial charge is 0.00684 e. The van der Waals surface area contributed by atoms with Crippen LogP contribution in [0.5, 0.6) is 0 Å². The molecule has 1 aromatic rings. The van der Waals surface area contributed by atoms with Gasteiger partial charge in [-0.15, -0.1) is 0 Å². The van der Waals surface area contributed by atoms with E-state index >= 15 is 0 Å². The lowest BCUT2D eigenvalue weighted by atomic mass is 9.80. The zero-order valence-electron chi connectivity index (χ0n) is 13.4. The SMILES string of the molecule is Cc1cccc(C(CNC2CC2)CC2CC3CCC2C3)c1. The van der Waals surface area contributed by atoms with E-state index in [2.05, 4.69) is 36.5 Å². The van der Waals surface area contributed by atoms with Gasteiger partial charge in [-0.25, -0.2) is 0 Å². The summed E-state index contributed by atoms with van der Waals surface area (Å²) in [6.45, 7) is 3.43. The van der Waals surface area contributed by atoms with Crippen molar-refractivity contribution in [2.45, 2.75) is 63.8 Å². The van der Waals surface area contributed by atoms with Crippen molar-refractivity contribution >= 4 is 0 Å². The van der Waals surface area contributed by atoms with Gasteiger partial charge in [-0.2, -0.15) is 0 Å². The maximum Gasteiger partial charge on any atom is 0.00684 e. The predicted octanol–water partition coefficient (Wildman–Crippen LogP) is 4.66. The normalized spacial score (nSPS) is 32.5. The summed E-state index contributed by atoms with van der Waals surface area (Å²) in [4.78, 5) is 0. The Kier molecular flexibility index (Phi) is 3.79. The molecule has 3 aliphatic rings. The minimum absolute atomic E-state index is 0.731. The van der Waals surface area contributed by atoms with Crippen LogP contribution in [0.2, 0.25) is 0 Å². The second-order valence-electron chi connectivity index (χ2n) is 7.96. The highest BCUT2D eigenvalue weighted by molar-refractivity contribution is 5.26. The molecule has 0 spiro atoms. The Morgan fingerprint density at radius 3 is 2.71 bits per heavy atom. The summed E-state index contributed by atoms with van der Waals surface area (Å²) < 4.78 is 0. The van der Waals surface area contributed by atoms with Crippen LogP contribution in [0, 0.1) is 24.7 Å². The highest BCUT2D eigenvalue weighted by Crippen LogP contribution is 2.51. The van der Waals surface area contributed by atoms with Crippen molar-refractivity contribution < 1.29 is 0 Å². The Morgan fingerprint density at radius 2 is 2.05 bits per heavy atom. The molecule has 0 radical (unpaired) electrons. The fourth-order valence-electron chi connectivity index (χ4n) is 4.89. The molecule has 0 amide bonds. The average Bonchev–Trinajstić information content (AvgIpc) is 3.08. The molecule has 0 aliphatic heterocycles. The number of hydrogen-bond acceptors (Lipinski definition) is 1. The number of benzene rings is 1. The van der Waals surface area contributed by atoms with Crippen LogP contribution in [-0.2, 0) is 0 Å². The highest BCUT2D eigenvalue weighted by Gasteiger charge is 2.40. The van der Waals surface area contributed by atoms with Gasteiger partial charge in [0, 0.05) is 12.6 Å². The highest BCUT2D eigenvalue weighted by atomic mass is 14.9. The summed E-state index contributed by atoms with van der Waals surface area (Å²) >= 11 is 0. The topological polar surface area (TPSA) is 12.0 Å². The van der Waals surface area contributed by atoms with Crippen LogP contribution in [0.1, 0.15) is 62.0 Å². The van der Waals surface area contributed by atoms with Gasteiger partial charge in [-0.05, 0) is 74.7 Å². The van der Waals surface area contributed by atoms with E-state index in [1.807, 2.05) is 0 Å². The Balaban J connectivity index is 1.46. The van der Waals surface area contributed by atoms with Crippen molar-refractivity contribution in [3.8, 4) is 0 Å². The zero-order valence-corrected chi connectivity index (χ0v) is 13.4. The van der Waals surface area contributed by atoms with Gasteiger partial charge >= 0.3 is 0 Å². The number of fused-ring (bicyclic) bond motifs is 2. The summed E-state index contributed by atoms with van der Waals surface area (Å²) in [7, 11) is 0. The monoisotopic (exact) mass is 283 g/mol. The lowest BCUT2D eigenvalue weighted by molar-refractivity contribution is 0.291. The van der Waals surface area contributed by atoms with Crippen molar-refractivity contribution in [2.24, 2.45) is 17.8 Å². The van der Waals surface area contributed by atoms with Crippen LogP contribution in [0.15, 0.2) is 24.3 Å². The van der Waals surface area contributed by atoms with Crippen molar-refractivity contribution in [2.75, 3.05) is 6.54 Å². The number of hydrogen-bond donors (Lipinski definition) is 1. The van der Waals surface area contributed by atoms with Gasteiger partial charge in [0.15, 0.2) is 0 Å². The molecule has 4 rings (SSSR count). The molecular weight excluding hydrogens is 254 g/mol. The van der Waals surface area contributed by atoms with E-state index in [9.17, 15) is 0 Å². The third-order valence-corrected chi connectivity index (χ3v) is 6.22. The first-order chi connectivity index (χ1) is 10.3. The second kappa shape index (κ2) is 5.76. The number of aryl methyl sites for hydroxylation is 1. The van der Waals surface area contributed by atoms with Gasteiger partial charge in [0.1, 0.15) is 0 Å². The second-order valence-corrected chi connectivity index (χ2v) is 7.96. The van der Waals surface area contributed by atoms with Crippen LogP contribution in [-0.4, -0.2) is 12.6 Å². The van der Waals surface area contributed by atoms with Crippen LogP contribution in [0.25, 0.3) is 0 Å². The van der Waals surface area contributed by atoms with E-state index in [4.69, 9.17) is 0 Å². The molecule has 1 aromatic carbocycles. The molecule has 4 atom stereocenters. The largest absolute Gasteiger partial charge is 0.313 e. The molecule has 0 heterocycles. The average molecular weight is 283 g/mol. The standard InChI is InChI=1S/C20H29N/c1-14-3-2-4-16(9-14)19(13-21-20-7-8-20)12-18-11-15-5-6-17(18)10-15/h2-4,9,15,17-21H,5-8,10-13H2,1H3. The fraction of sp³-hybridized carbons (Fsp3) is 0.700. The molecule has 1 N–H and O–H groups in total. The Labute approximate surface area is 129 Å². The van der Waals surface area contributed by atoms with E-state index in [0.717, 1.165) is 29.7 Å². The van der Waals surface area contributed by atoms with Crippen LogP contribution in [0.4, 0.5) is 0 Å². The Hall–Kier alpha value is -0.820. The van der Waals surface area contributed by atoms with Crippen molar-refractivity contribution in [3.63, 3.8) is 0 Å². The third kappa shape index (κ3) is 3.18. The van der Waals surface area contributed by atoms with Gasteiger partial charge in [-0.1, -0.05) is 36.2 Å². The molecule has 1 nitrogen and oxygen atoms in total. The molecule has 0 saturated heterocycles. The third-order valence-electron chi connectivity index (χ3n) is 6.22. The molecule has 4 unspecified atom stereocenters. The molecule has 3 fully saturated rings. The lowest BCUT2D eigenvalue weighted by Gasteiger charge is -2.27. The summed E-state index contributed by atoms with van der Waals surface area (Å²) in [6, 6.07) is 10.1. The lowest BCUT2D eigenvalue weighted by Crippen LogP contribution is -2.26.